The van der Waals surface area contributed by atoms with Gasteiger partial charge in [-0.2, -0.15) is 5.10 Å². The zero-order valence-electron chi connectivity index (χ0n) is 10.4. The Morgan fingerprint density at radius 3 is 2.39 bits per heavy atom. The molecule has 0 aliphatic carbocycles. The summed E-state index contributed by atoms with van der Waals surface area (Å²) in [6.45, 7) is 4.98. The largest absolute Gasteiger partial charge is 0.481 e. The molecule has 1 atom stereocenters. The molecule has 0 spiro atoms. The van der Waals surface area contributed by atoms with Crippen LogP contribution in [0.4, 0.5) is 5.82 Å². The molecule has 1 amide bonds. The lowest BCUT2D eigenvalue weighted by Crippen LogP contribution is -2.39. The van der Waals surface area contributed by atoms with E-state index in [1.807, 2.05) is 0 Å². The van der Waals surface area contributed by atoms with Gasteiger partial charge in [0.15, 0.2) is 5.82 Å². The summed E-state index contributed by atoms with van der Waals surface area (Å²) in [6.07, 6.45) is 0. The summed E-state index contributed by atoms with van der Waals surface area (Å²) in [5.74, 6) is -2.97. The van der Waals surface area contributed by atoms with Crippen LogP contribution in [0.5, 0.6) is 0 Å². The lowest BCUT2D eigenvalue weighted by Gasteiger charge is -2.25. The number of anilines is 1. The highest BCUT2D eigenvalue weighted by molar-refractivity contribution is 6.04. The molecule has 0 radical (unpaired) electrons. The molecule has 1 rings (SSSR count). The summed E-state index contributed by atoms with van der Waals surface area (Å²) >= 11 is 0. The zero-order valence-corrected chi connectivity index (χ0v) is 10.4. The van der Waals surface area contributed by atoms with Crippen LogP contribution in [0.1, 0.15) is 20.8 Å². The minimum absolute atomic E-state index is 0.107. The first-order valence-electron chi connectivity index (χ1n) is 5.31. The standard InChI is InChI=1S/C11H15N3O4/c1-11(2,3)8(10(17)18)9(16)12-6-4-5-7(15)14-13-6/h4-5,8H,1-3H3,(H,14,15)(H,17,18)(H,12,13,16). The minimum atomic E-state index is -1.20. The maximum Gasteiger partial charge on any atom is 0.316 e. The number of aromatic nitrogens is 2. The van der Waals surface area contributed by atoms with E-state index in [0.29, 0.717) is 0 Å². The van der Waals surface area contributed by atoms with Gasteiger partial charge < -0.3 is 10.4 Å². The van der Waals surface area contributed by atoms with Crippen LogP contribution in [0.2, 0.25) is 0 Å². The number of rotatable bonds is 3. The summed E-state index contributed by atoms with van der Waals surface area (Å²) in [5.41, 5.74) is -1.13. The summed E-state index contributed by atoms with van der Waals surface area (Å²) < 4.78 is 0. The normalized spacial score (nSPS) is 12.8. The molecule has 0 aromatic carbocycles. The molecule has 0 fully saturated rings. The first-order valence-corrected chi connectivity index (χ1v) is 5.31. The van der Waals surface area contributed by atoms with Gasteiger partial charge in [-0.15, -0.1) is 0 Å². The highest BCUT2D eigenvalue weighted by Gasteiger charge is 2.37. The van der Waals surface area contributed by atoms with Gasteiger partial charge in [-0.3, -0.25) is 14.4 Å². The SMILES string of the molecule is CC(C)(C)C(C(=O)O)C(=O)Nc1ccc(=O)[nH]n1. The maximum atomic E-state index is 11.9. The van der Waals surface area contributed by atoms with Crippen molar-refractivity contribution in [3.8, 4) is 0 Å². The summed E-state index contributed by atoms with van der Waals surface area (Å²) in [7, 11) is 0. The third-order valence-corrected chi connectivity index (χ3v) is 2.31. The second-order valence-corrected chi connectivity index (χ2v) is 4.93. The molecule has 0 saturated heterocycles. The van der Waals surface area contributed by atoms with E-state index in [2.05, 4.69) is 15.5 Å². The Kier molecular flexibility index (Phi) is 3.85. The predicted molar refractivity (Wildman–Crippen MR) is 64.1 cm³/mol. The van der Waals surface area contributed by atoms with E-state index in [-0.39, 0.29) is 5.82 Å². The van der Waals surface area contributed by atoms with Crippen molar-refractivity contribution in [2.45, 2.75) is 20.8 Å². The molecule has 98 valence electrons. The van der Waals surface area contributed by atoms with Crippen LogP contribution in [-0.2, 0) is 9.59 Å². The van der Waals surface area contributed by atoms with Crippen molar-refractivity contribution in [3.63, 3.8) is 0 Å². The quantitative estimate of drug-likeness (QED) is 0.677. The first kappa shape index (κ1) is 13.9. The molecule has 0 aliphatic heterocycles. The lowest BCUT2D eigenvalue weighted by molar-refractivity contribution is -0.149. The molecule has 0 saturated carbocycles. The van der Waals surface area contributed by atoms with E-state index in [1.54, 1.807) is 20.8 Å². The van der Waals surface area contributed by atoms with Gasteiger partial charge in [0.05, 0.1) is 0 Å². The average Bonchev–Trinajstić information content (AvgIpc) is 2.18. The minimum Gasteiger partial charge on any atom is -0.481 e. The molecule has 1 aromatic rings. The molecular formula is C11H15N3O4. The average molecular weight is 253 g/mol. The van der Waals surface area contributed by atoms with Crippen LogP contribution >= 0.6 is 0 Å². The smallest absolute Gasteiger partial charge is 0.316 e. The number of aromatic amines is 1. The van der Waals surface area contributed by atoms with Gasteiger partial charge >= 0.3 is 5.97 Å². The van der Waals surface area contributed by atoms with Crippen molar-refractivity contribution in [1.82, 2.24) is 10.2 Å². The fraction of sp³-hybridized carbons (Fsp3) is 0.455. The van der Waals surface area contributed by atoms with E-state index >= 15 is 0 Å². The molecule has 1 aromatic heterocycles. The van der Waals surface area contributed by atoms with Crippen LogP contribution in [0.3, 0.4) is 0 Å². The Labute approximate surface area is 103 Å². The van der Waals surface area contributed by atoms with Crippen LogP contribution in [0.15, 0.2) is 16.9 Å². The van der Waals surface area contributed by atoms with Crippen molar-refractivity contribution in [2.24, 2.45) is 11.3 Å². The van der Waals surface area contributed by atoms with Gasteiger partial charge in [0, 0.05) is 6.07 Å². The molecule has 1 heterocycles. The molecule has 3 N–H and O–H groups in total. The van der Waals surface area contributed by atoms with E-state index in [9.17, 15) is 14.4 Å². The van der Waals surface area contributed by atoms with Crippen molar-refractivity contribution >= 4 is 17.7 Å². The molecule has 7 nitrogen and oxygen atoms in total. The third kappa shape index (κ3) is 3.41. The monoisotopic (exact) mass is 253 g/mol. The number of nitrogens with zero attached hydrogens (tertiary/aromatic N) is 1. The number of carbonyl (C=O) groups excluding carboxylic acids is 1. The molecule has 0 bridgehead atoms. The van der Waals surface area contributed by atoms with Crippen molar-refractivity contribution in [3.05, 3.63) is 22.5 Å². The number of carboxylic acid groups (broad SMARTS) is 1. The van der Waals surface area contributed by atoms with Crippen molar-refractivity contribution < 1.29 is 14.7 Å². The maximum absolute atomic E-state index is 11.9. The number of H-pyrrole nitrogens is 1. The summed E-state index contributed by atoms with van der Waals surface area (Å²) in [6, 6.07) is 2.49. The van der Waals surface area contributed by atoms with Crippen LogP contribution in [0, 0.1) is 11.3 Å². The lowest BCUT2D eigenvalue weighted by atomic mass is 9.80. The van der Waals surface area contributed by atoms with Crippen LogP contribution < -0.4 is 10.9 Å². The molecule has 1 unspecified atom stereocenters. The predicted octanol–water partition coefficient (Wildman–Crippen LogP) is 0.455. The van der Waals surface area contributed by atoms with Crippen molar-refractivity contribution in [1.29, 1.82) is 0 Å². The van der Waals surface area contributed by atoms with Crippen molar-refractivity contribution in [2.75, 3.05) is 5.32 Å². The van der Waals surface area contributed by atoms with E-state index in [1.165, 1.54) is 12.1 Å². The number of aliphatic carboxylic acids is 1. The number of nitrogens with one attached hydrogen (secondary N) is 2. The Bertz CT molecular complexity index is 495. The second-order valence-electron chi connectivity index (χ2n) is 4.93. The van der Waals surface area contributed by atoms with Crippen LogP contribution in [0.25, 0.3) is 0 Å². The topological polar surface area (TPSA) is 112 Å². The Hall–Kier alpha value is -2.18. The van der Waals surface area contributed by atoms with Gasteiger partial charge in [-0.25, -0.2) is 5.10 Å². The van der Waals surface area contributed by atoms with Gasteiger partial charge in [0.25, 0.3) is 5.56 Å². The summed E-state index contributed by atoms with van der Waals surface area (Å²) in [4.78, 5) is 33.7. The second kappa shape index (κ2) is 4.99. The van der Waals surface area contributed by atoms with Crippen LogP contribution in [-0.4, -0.2) is 27.2 Å². The van der Waals surface area contributed by atoms with Gasteiger partial charge in [0.1, 0.15) is 5.92 Å². The van der Waals surface area contributed by atoms with Gasteiger partial charge in [-0.1, -0.05) is 20.8 Å². The molecule has 18 heavy (non-hydrogen) atoms. The Balaban J connectivity index is 2.89. The first-order chi connectivity index (χ1) is 8.21. The molecule has 0 aliphatic rings. The number of hydrogen-bond donors (Lipinski definition) is 3. The highest BCUT2D eigenvalue weighted by atomic mass is 16.4. The number of hydrogen-bond acceptors (Lipinski definition) is 4. The van der Waals surface area contributed by atoms with Gasteiger partial charge in [0.2, 0.25) is 5.91 Å². The molecular weight excluding hydrogens is 238 g/mol. The Morgan fingerprint density at radius 2 is 2.00 bits per heavy atom. The number of carbonyl (C=O) groups is 2. The third-order valence-electron chi connectivity index (χ3n) is 2.31. The number of carboxylic acids is 1. The fourth-order valence-corrected chi connectivity index (χ4v) is 1.49. The molecule has 7 heteroatoms. The van der Waals surface area contributed by atoms with E-state index in [0.717, 1.165) is 0 Å². The van der Waals surface area contributed by atoms with E-state index in [4.69, 9.17) is 5.11 Å². The Morgan fingerprint density at radius 1 is 1.39 bits per heavy atom. The highest BCUT2D eigenvalue weighted by Crippen LogP contribution is 2.27. The zero-order chi connectivity index (χ0) is 13.9. The van der Waals surface area contributed by atoms with E-state index < -0.39 is 28.8 Å². The fourth-order valence-electron chi connectivity index (χ4n) is 1.49. The summed E-state index contributed by atoms with van der Waals surface area (Å²) in [5, 5.41) is 17.1. The van der Waals surface area contributed by atoms with Gasteiger partial charge in [-0.05, 0) is 11.5 Å². The number of amides is 1.